The standard InChI is InChI=1S/C22H23FN2O5S2/c1-4-25(5-2)32(27,28)18-9-10-20(23)19(12-18)22(26)30-13-16-14-31-21(24-16)15-7-6-8-17(11-15)29-3/h6-12,14H,4-5,13H2,1-3H3. The number of aromatic nitrogens is 1. The summed E-state index contributed by atoms with van der Waals surface area (Å²) < 4.78 is 51.3. The van der Waals surface area contributed by atoms with Crippen molar-refractivity contribution in [3.63, 3.8) is 0 Å². The van der Waals surface area contributed by atoms with E-state index in [-0.39, 0.29) is 24.6 Å². The van der Waals surface area contributed by atoms with Crippen LogP contribution in [0.5, 0.6) is 5.75 Å². The first-order valence-corrected chi connectivity index (χ1v) is 12.2. The van der Waals surface area contributed by atoms with E-state index in [2.05, 4.69) is 4.98 Å². The molecule has 1 aromatic heterocycles. The smallest absolute Gasteiger partial charge is 0.341 e. The lowest BCUT2D eigenvalue weighted by molar-refractivity contribution is 0.0462. The minimum absolute atomic E-state index is 0.163. The molecule has 0 N–H and O–H groups in total. The number of carbonyl (C=O) groups excluding carboxylic acids is 1. The van der Waals surface area contributed by atoms with Crippen molar-refractivity contribution in [3.05, 3.63) is 64.9 Å². The number of sulfonamides is 1. The van der Waals surface area contributed by atoms with Crippen LogP contribution in [0, 0.1) is 5.82 Å². The van der Waals surface area contributed by atoms with E-state index >= 15 is 0 Å². The van der Waals surface area contributed by atoms with Crippen molar-refractivity contribution in [1.29, 1.82) is 0 Å². The van der Waals surface area contributed by atoms with Crippen LogP contribution < -0.4 is 4.74 Å². The third kappa shape index (κ3) is 5.14. The van der Waals surface area contributed by atoms with E-state index in [0.717, 1.165) is 23.8 Å². The minimum atomic E-state index is -3.84. The van der Waals surface area contributed by atoms with Gasteiger partial charge in [0.05, 0.1) is 23.3 Å². The Kier molecular flexibility index (Phi) is 7.60. The Morgan fingerprint density at radius 1 is 1.16 bits per heavy atom. The summed E-state index contributed by atoms with van der Waals surface area (Å²) in [4.78, 5) is 16.7. The van der Waals surface area contributed by atoms with E-state index < -0.39 is 27.4 Å². The average molecular weight is 479 g/mol. The van der Waals surface area contributed by atoms with Crippen LogP contribution in [0.1, 0.15) is 29.9 Å². The topological polar surface area (TPSA) is 85.8 Å². The molecular weight excluding hydrogens is 455 g/mol. The van der Waals surface area contributed by atoms with Crippen LogP contribution in [0.15, 0.2) is 52.7 Å². The molecule has 10 heteroatoms. The molecule has 32 heavy (non-hydrogen) atoms. The molecule has 0 amide bonds. The van der Waals surface area contributed by atoms with Gasteiger partial charge >= 0.3 is 5.97 Å². The van der Waals surface area contributed by atoms with Gasteiger partial charge in [0.15, 0.2) is 0 Å². The fraction of sp³-hybridized carbons (Fsp3) is 0.273. The summed E-state index contributed by atoms with van der Waals surface area (Å²) in [6, 6.07) is 10.5. The Morgan fingerprint density at radius 2 is 1.91 bits per heavy atom. The van der Waals surface area contributed by atoms with Crippen LogP contribution in [0.3, 0.4) is 0 Å². The second-order valence-electron chi connectivity index (χ2n) is 6.68. The maximum atomic E-state index is 14.3. The number of esters is 1. The number of benzene rings is 2. The molecule has 3 aromatic rings. The lowest BCUT2D eigenvalue weighted by Crippen LogP contribution is -2.30. The van der Waals surface area contributed by atoms with E-state index in [0.29, 0.717) is 16.5 Å². The zero-order valence-corrected chi connectivity index (χ0v) is 19.5. The molecule has 0 radical (unpaired) electrons. The highest BCUT2D eigenvalue weighted by atomic mass is 32.2. The van der Waals surface area contributed by atoms with Crippen LogP contribution in [0.2, 0.25) is 0 Å². The number of hydrogen-bond donors (Lipinski definition) is 0. The van der Waals surface area contributed by atoms with Crippen molar-refractivity contribution in [3.8, 4) is 16.3 Å². The predicted molar refractivity (Wildman–Crippen MR) is 120 cm³/mol. The molecule has 0 fully saturated rings. The normalized spacial score (nSPS) is 11.5. The van der Waals surface area contributed by atoms with Crippen molar-refractivity contribution in [2.75, 3.05) is 20.2 Å². The van der Waals surface area contributed by atoms with E-state index in [1.54, 1.807) is 26.3 Å². The molecule has 0 saturated carbocycles. The SMILES string of the molecule is CCN(CC)S(=O)(=O)c1ccc(F)c(C(=O)OCc2csc(-c3cccc(OC)c3)n2)c1. The van der Waals surface area contributed by atoms with Crippen LogP contribution in [0.25, 0.3) is 10.6 Å². The summed E-state index contributed by atoms with van der Waals surface area (Å²) in [5.74, 6) is -1.13. The molecule has 1 heterocycles. The average Bonchev–Trinajstić information content (AvgIpc) is 3.27. The third-order valence-electron chi connectivity index (χ3n) is 4.72. The maximum absolute atomic E-state index is 14.3. The first-order valence-electron chi connectivity index (χ1n) is 9.85. The Hall–Kier alpha value is -2.82. The molecule has 170 valence electrons. The Morgan fingerprint density at radius 3 is 2.59 bits per heavy atom. The van der Waals surface area contributed by atoms with Crippen LogP contribution in [-0.2, 0) is 21.4 Å². The zero-order chi connectivity index (χ0) is 23.3. The van der Waals surface area contributed by atoms with Gasteiger partial charge in [-0.25, -0.2) is 22.6 Å². The van der Waals surface area contributed by atoms with Crippen molar-refractivity contribution in [2.45, 2.75) is 25.3 Å². The number of rotatable bonds is 9. The van der Waals surface area contributed by atoms with Crippen molar-refractivity contribution in [2.24, 2.45) is 0 Å². The van der Waals surface area contributed by atoms with Gasteiger partial charge in [0.2, 0.25) is 10.0 Å². The summed E-state index contributed by atoms with van der Waals surface area (Å²) in [5.41, 5.74) is 0.905. The monoisotopic (exact) mass is 478 g/mol. The van der Waals surface area contributed by atoms with Gasteiger partial charge in [-0.05, 0) is 30.3 Å². The number of ether oxygens (including phenoxy) is 2. The molecule has 0 aliphatic rings. The van der Waals surface area contributed by atoms with Gasteiger partial charge in [-0.1, -0.05) is 26.0 Å². The molecule has 0 saturated heterocycles. The van der Waals surface area contributed by atoms with Crippen molar-refractivity contribution >= 4 is 27.3 Å². The second-order valence-corrected chi connectivity index (χ2v) is 9.48. The van der Waals surface area contributed by atoms with Gasteiger partial charge < -0.3 is 9.47 Å². The number of thiazole rings is 1. The highest BCUT2D eigenvalue weighted by Crippen LogP contribution is 2.27. The first-order chi connectivity index (χ1) is 15.3. The molecule has 0 unspecified atom stereocenters. The van der Waals surface area contributed by atoms with Gasteiger partial charge in [-0.15, -0.1) is 11.3 Å². The lowest BCUT2D eigenvalue weighted by Gasteiger charge is -2.18. The zero-order valence-electron chi connectivity index (χ0n) is 17.9. The minimum Gasteiger partial charge on any atom is -0.497 e. The van der Waals surface area contributed by atoms with Gasteiger partial charge in [0.1, 0.15) is 23.2 Å². The van der Waals surface area contributed by atoms with E-state index in [9.17, 15) is 17.6 Å². The molecule has 3 rings (SSSR count). The van der Waals surface area contributed by atoms with Crippen LogP contribution in [0.4, 0.5) is 4.39 Å². The molecule has 0 spiro atoms. The number of hydrogen-bond acceptors (Lipinski definition) is 7. The maximum Gasteiger partial charge on any atom is 0.341 e. The molecule has 0 bridgehead atoms. The van der Waals surface area contributed by atoms with E-state index in [1.807, 2.05) is 24.3 Å². The van der Waals surface area contributed by atoms with Crippen molar-refractivity contribution in [1.82, 2.24) is 9.29 Å². The van der Waals surface area contributed by atoms with Gasteiger partial charge in [-0.3, -0.25) is 0 Å². The molecule has 0 aliphatic carbocycles. The summed E-state index contributed by atoms with van der Waals surface area (Å²) >= 11 is 1.37. The summed E-state index contributed by atoms with van der Waals surface area (Å²) in [6.07, 6.45) is 0. The van der Waals surface area contributed by atoms with Crippen LogP contribution >= 0.6 is 11.3 Å². The number of carbonyl (C=O) groups is 1. The van der Waals surface area contributed by atoms with E-state index in [4.69, 9.17) is 9.47 Å². The van der Waals surface area contributed by atoms with E-state index in [1.165, 1.54) is 15.6 Å². The second kappa shape index (κ2) is 10.2. The molecular formula is C22H23FN2O5S2. The Bertz CT molecular complexity index is 1210. The fourth-order valence-electron chi connectivity index (χ4n) is 3.01. The Labute approximate surface area is 190 Å². The summed E-state index contributed by atoms with van der Waals surface area (Å²) in [5, 5.41) is 2.45. The van der Waals surface area contributed by atoms with Gasteiger partial charge in [0.25, 0.3) is 0 Å². The highest BCUT2D eigenvalue weighted by molar-refractivity contribution is 7.89. The number of methoxy groups -OCH3 is 1. The summed E-state index contributed by atoms with van der Waals surface area (Å²) in [7, 11) is -2.26. The Balaban J connectivity index is 1.75. The first kappa shape index (κ1) is 23.8. The third-order valence-corrected chi connectivity index (χ3v) is 7.71. The molecule has 0 atom stereocenters. The highest BCUT2D eigenvalue weighted by Gasteiger charge is 2.25. The number of nitrogens with zero attached hydrogens (tertiary/aromatic N) is 2. The molecule has 2 aromatic carbocycles. The van der Waals surface area contributed by atoms with Gasteiger partial charge in [-0.2, -0.15) is 4.31 Å². The quantitative estimate of drug-likeness (QED) is 0.425. The number of halogens is 1. The van der Waals surface area contributed by atoms with Crippen molar-refractivity contribution < 1.29 is 27.1 Å². The van der Waals surface area contributed by atoms with Gasteiger partial charge in [0, 0.05) is 24.0 Å². The summed E-state index contributed by atoms with van der Waals surface area (Å²) in [6.45, 7) is 3.75. The fourth-order valence-corrected chi connectivity index (χ4v) is 5.30. The van der Waals surface area contributed by atoms with Crippen LogP contribution in [-0.4, -0.2) is 43.9 Å². The lowest BCUT2D eigenvalue weighted by atomic mass is 10.2. The predicted octanol–water partition coefficient (Wildman–Crippen LogP) is 4.35. The largest absolute Gasteiger partial charge is 0.497 e. The molecule has 7 nitrogen and oxygen atoms in total. The molecule has 0 aliphatic heterocycles.